The van der Waals surface area contributed by atoms with Crippen molar-refractivity contribution in [3.63, 3.8) is 0 Å². The van der Waals surface area contributed by atoms with E-state index in [2.05, 4.69) is 15.3 Å². The van der Waals surface area contributed by atoms with Crippen LogP contribution < -0.4 is 5.32 Å². The molecule has 80 valence electrons. The van der Waals surface area contributed by atoms with E-state index in [1.54, 1.807) is 23.2 Å². The summed E-state index contributed by atoms with van der Waals surface area (Å²) in [7, 11) is 1.86. The van der Waals surface area contributed by atoms with Crippen LogP contribution in [0.3, 0.4) is 0 Å². The Hall–Kier alpha value is -2.35. The molecule has 2 aromatic rings. The van der Waals surface area contributed by atoms with Crippen LogP contribution in [-0.4, -0.2) is 21.6 Å². The summed E-state index contributed by atoms with van der Waals surface area (Å²) in [6, 6.07) is 5.87. The van der Waals surface area contributed by atoms with E-state index < -0.39 is 0 Å². The Kier molecular flexibility index (Phi) is 2.83. The fourth-order valence-electron chi connectivity index (χ4n) is 1.44. The monoisotopic (exact) mass is 213 g/mol. The van der Waals surface area contributed by atoms with E-state index in [0.29, 0.717) is 12.4 Å². The van der Waals surface area contributed by atoms with E-state index in [4.69, 9.17) is 5.26 Å². The first kappa shape index (κ1) is 10.2. The smallest absolute Gasteiger partial charge is 0.213 e. The molecular formula is C11H11N5. The minimum atomic E-state index is 0.400. The maximum absolute atomic E-state index is 8.82. The summed E-state index contributed by atoms with van der Waals surface area (Å²) in [6.45, 7) is 0.554. The highest BCUT2D eigenvalue weighted by molar-refractivity contribution is 5.42. The lowest BCUT2D eigenvalue weighted by atomic mass is 10.3. The van der Waals surface area contributed by atoms with Crippen LogP contribution in [0.4, 0.5) is 5.69 Å². The maximum Gasteiger partial charge on any atom is 0.213 e. The maximum atomic E-state index is 8.82. The Morgan fingerprint density at radius 1 is 1.44 bits per heavy atom. The number of pyridine rings is 1. The molecule has 0 unspecified atom stereocenters. The van der Waals surface area contributed by atoms with Gasteiger partial charge in [0, 0.05) is 31.3 Å². The first-order chi connectivity index (χ1) is 7.83. The number of imidazole rings is 1. The number of hydrogen-bond donors (Lipinski definition) is 1. The van der Waals surface area contributed by atoms with Crippen LogP contribution in [0, 0.1) is 11.3 Å². The van der Waals surface area contributed by atoms with Crippen molar-refractivity contribution < 1.29 is 0 Å². The van der Waals surface area contributed by atoms with Gasteiger partial charge in [-0.15, -0.1) is 0 Å². The van der Waals surface area contributed by atoms with Crippen molar-refractivity contribution in [3.8, 4) is 6.07 Å². The standard InChI is InChI=1S/C11H11N5/c1-13-9-2-3-14-10(6-9)8-16-5-4-15-11(16)7-12/h2-6H,8H2,1H3,(H,13,14). The van der Waals surface area contributed by atoms with Gasteiger partial charge in [-0.1, -0.05) is 0 Å². The van der Waals surface area contributed by atoms with Gasteiger partial charge < -0.3 is 9.88 Å². The Balaban J connectivity index is 2.24. The summed E-state index contributed by atoms with van der Waals surface area (Å²) in [5.41, 5.74) is 1.89. The largest absolute Gasteiger partial charge is 0.388 e. The number of nitriles is 1. The molecule has 0 aliphatic heterocycles. The normalized spacial score (nSPS) is 9.75. The van der Waals surface area contributed by atoms with Gasteiger partial charge in [-0.25, -0.2) is 4.98 Å². The number of hydrogen-bond acceptors (Lipinski definition) is 4. The molecule has 0 bridgehead atoms. The predicted octanol–water partition coefficient (Wildman–Crippen LogP) is 1.24. The predicted molar refractivity (Wildman–Crippen MR) is 59.8 cm³/mol. The number of nitrogens with zero attached hydrogens (tertiary/aromatic N) is 4. The summed E-state index contributed by atoms with van der Waals surface area (Å²) >= 11 is 0. The number of aromatic nitrogens is 3. The molecule has 1 N–H and O–H groups in total. The van der Waals surface area contributed by atoms with Crippen molar-refractivity contribution in [2.45, 2.75) is 6.54 Å². The molecule has 0 amide bonds. The molecule has 2 heterocycles. The quantitative estimate of drug-likeness (QED) is 0.833. The van der Waals surface area contributed by atoms with Crippen LogP contribution in [0.25, 0.3) is 0 Å². The van der Waals surface area contributed by atoms with Gasteiger partial charge in [-0.05, 0) is 12.1 Å². The van der Waals surface area contributed by atoms with Gasteiger partial charge in [-0.2, -0.15) is 5.26 Å². The summed E-state index contributed by atoms with van der Waals surface area (Å²) in [5.74, 6) is 0.400. The van der Waals surface area contributed by atoms with E-state index in [1.165, 1.54) is 0 Å². The lowest BCUT2D eigenvalue weighted by molar-refractivity contribution is 0.760. The number of nitrogens with one attached hydrogen (secondary N) is 1. The van der Waals surface area contributed by atoms with E-state index in [0.717, 1.165) is 11.4 Å². The highest BCUT2D eigenvalue weighted by Crippen LogP contribution is 2.09. The second kappa shape index (κ2) is 4.45. The Morgan fingerprint density at radius 2 is 2.31 bits per heavy atom. The van der Waals surface area contributed by atoms with E-state index in [9.17, 15) is 0 Å². The van der Waals surface area contributed by atoms with Crippen molar-refractivity contribution in [3.05, 3.63) is 42.2 Å². The molecule has 16 heavy (non-hydrogen) atoms. The molecule has 0 aromatic carbocycles. The first-order valence-corrected chi connectivity index (χ1v) is 4.87. The van der Waals surface area contributed by atoms with Crippen molar-refractivity contribution >= 4 is 5.69 Å². The van der Waals surface area contributed by atoms with E-state index in [-0.39, 0.29) is 0 Å². The van der Waals surface area contributed by atoms with Gasteiger partial charge in [0.1, 0.15) is 6.07 Å². The molecular weight excluding hydrogens is 202 g/mol. The molecule has 0 fully saturated rings. The molecule has 0 aliphatic rings. The lowest BCUT2D eigenvalue weighted by Gasteiger charge is -2.05. The molecule has 0 radical (unpaired) electrons. The molecule has 2 rings (SSSR count). The highest BCUT2D eigenvalue weighted by atomic mass is 15.1. The zero-order valence-corrected chi connectivity index (χ0v) is 8.88. The average molecular weight is 213 g/mol. The summed E-state index contributed by atoms with van der Waals surface area (Å²) in [4.78, 5) is 8.17. The average Bonchev–Trinajstić information content (AvgIpc) is 2.76. The van der Waals surface area contributed by atoms with Gasteiger partial charge >= 0.3 is 0 Å². The number of rotatable bonds is 3. The van der Waals surface area contributed by atoms with Crippen LogP contribution in [0.1, 0.15) is 11.5 Å². The zero-order valence-electron chi connectivity index (χ0n) is 8.88. The molecule has 5 heteroatoms. The topological polar surface area (TPSA) is 66.5 Å². The third-order valence-corrected chi connectivity index (χ3v) is 2.25. The third kappa shape index (κ3) is 2.01. The van der Waals surface area contributed by atoms with Crippen LogP contribution in [-0.2, 0) is 6.54 Å². The van der Waals surface area contributed by atoms with Gasteiger partial charge in [0.15, 0.2) is 0 Å². The fourth-order valence-corrected chi connectivity index (χ4v) is 1.44. The lowest BCUT2D eigenvalue weighted by Crippen LogP contribution is -2.03. The Labute approximate surface area is 93.4 Å². The Bertz CT molecular complexity index is 523. The summed E-state index contributed by atoms with van der Waals surface area (Å²) < 4.78 is 1.77. The third-order valence-electron chi connectivity index (χ3n) is 2.25. The van der Waals surface area contributed by atoms with Crippen LogP contribution >= 0.6 is 0 Å². The van der Waals surface area contributed by atoms with Crippen LogP contribution in [0.5, 0.6) is 0 Å². The van der Waals surface area contributed by atoms with E-state index >= 15 is 0 Å². The molecule has 0 aliphatic carbocycles. The highest BCUT2D eigenvalue weighted by Gasteiger charge is 2.03. The minimum absolute atomic E-state index is 0.400. The van der Waals surface area contributed by atoms with Crippen molar-refractivity contribution in [1.29, 1.82) is 5.26 Å². The molecule has 2 aromatic heterocycles. The second-order valence-corrected chi connectivity index (χ2v) is 3.28. The molecule has 0 spiro atoms. The second-order valence-electron chi connectivity index (χ2n) is 3.28. The SMILES string of the molecule is CNc1ccnc(Cn2ccnc2C#N)c1. The van der Waals surface area contributed by atoms with Gasteiger partial charge in [-0.3, -0.25) is 4.98 Å². The zero-order chi connectivity index (χ0) is 11.4. The fraction of sp³-hybridized carbons (Fsp3) is 0.182. The summed E-state index contributed by atoms with van der Waals surface area (Å²) in [5, 5.41) is 11.9. The molecule has 0 saturated heterocycles. The molecule has 0 saturated carbocycles. The van der Waals surface area contributed by atoms with Crippen molar-refractivity contribution in [2.75, 3.05) is 12.4 Å². The van der Waals surface area contributed by atoms with E-state index in [1.807, 2.05) is 25.2 Å². The Morgan fingerprint density at radius 3 is 3.06 bits per heavy atom. The summed E-state index contributed by atoms with van der Waals surface area (Å²) in [6.07, 6.45) is 5.12. The van der Waals surface area contributed by atoms with Gasteiger partial charge in [0.05, 0.1) is 12.2 Å². The van der Waals surface area contributed by atoms with Crippen molar-refractivity contribution in [2.24, 2.45) is 0 Å². The van der Waals surface area contributed by atoms with Crippen LogP contribution in [0.15, 0.2) is 30.7 Å². The number of anilines is 1. The van der Waals surface area contributed by atoms with Crippen LogP contribution in [0.2, 0.25) is 0 Å². The molecule has 0 atom stereocenters. The van der Waals surface area contributed by atoms with Gasteiger partial charge in [0.25, 0.3) is 0 Å². The first-order valence-electron chi connectivity index (χ1n) is 4.87. The van der Waals surface area contributed by atoms with Gasteiger partial charge in [0.2, 0.25) is 5.82 Å². The minimum Gasteiger partial charge on any atom is -0.388 e. The van der Waals surface area contributed by atoms with Crippen molar-refractivity contribution in [1.82, 2.24) is 14.5 Å². The molecule has 5 nitrogen and oxygen atoms in total.